The molecular formula is C17H34N2O6. The summed E-state index contributed by atoms with van der Waals surface area (Å²) >= 11 is 0. The highest BCUT2D eigenvalue weighted by Gasteiger charge is 2.27. The summed E-state index contributed by atoms with van der Waals surface area (Å²) in [6, 6.07) is 0. The van der Waals surface area contributed by atoms with E-state index in [-0.39, 0.29) is 35.6 Å². The molecule has 1 aliphatic rings. The fourth-order valence-corrected chi connectivity index (χ4v) is 1.86. The topological polar surface area (TPSA) is 116 Å². The quantitative estimate of drug-likeness (QED) is 0.613. The Morgan fingerprint density at radius 3 is 1.96 bits per heavy atom. The number of rotatable bonds is 1. The van der Waals surface area contributed by atoms with E-state index in [0.29, 0.717) is 13.0 Å². The molecule has 25 heavy (non-hydrogen) atoms. The molecule has 1 heterocycles. The summed E-state index contributed by atoms with van der Waals surface area (Å²) in [5, 5.41) is 18.5. The second-order valence-electron chi connectivity index (χ2n) is 7.88. The van der Waals surface area contributed by atoms with E-state index in [4.69, 9.17) is 14.6 Å². The van der Waals surface area contributed by atoms with Crippen LogP contribution in [0.15, 0.2) is 0 Å². The highest BCUT2D eigenvalue weighted by atomic mass is 16.6. The van der Waals surface area contributed by atoms with E-state index in [1.165, 1.54) is 7.05 Å². The molecule has 0 aromatic carbocycles. The van der Waals surface area contributed by atoms with Gasteiger partial charge in [-0.15, -0.1) is 0 Å². The minimum Gasteiger partial charge on any atom is -0.483 e. The van der Waals surface area contributed by atoms with E-state index >= 15 is 0 Å². The summed E-state index contributed by atoms with van der Waals surface area (Å²) in [6.45, 7) is 12.6. The predicted octanol–water partition coefficient (Wildman–Crippen LogP) is 1.86. The number of nitrogens with one attached hydrogen (secondary N) is 1. The van der Waals surface area contributed by atoms with Gasteiger partial charge < -0.3 is 25.2 Å². The smallest absolute Gasteiger partial charge is 0.407 e. The minimum atomic E-state index is -0.389. The molecule has 3 N–H and O–H groups in total. The molecule has 148 valence electrons. The van der Waals surface area contributed by atoms with Crippen molar-refractivity contribution in [1.82, 2.24) is 10.2 Å². The van der Waals surface area contributed by atoms with E-state index in [9.17, 15) is 14.7 Å². The number of alkyl carbamates (subject to hydrolysis) is 1. The number of carbonyl (C=O) groups is 3. The van der Waals surface area contributed by atoms with Gasteiger partial charge in [0.2, 0.25) is 5.91 Å². The molecule has 8 nitrogen and oxygen atoms in total. The SMILES string of the molecule is CC(C)(C)CC(=O)N1CCC(O)C1.CNC(=O)OC(C)(C)C.O=CO. The summed E-state index contributed by atoms with van der Waals surface area (Å²) in [5.41, 5.74) is -0.343. The molecule has 0 bridgehead atoms. The number of hydrogen-bond donors (Lipinski definition) is 3. The van der Waals surface area contributed by atoms with Crippen LogP contribution in [0.4, 0.5) is 4.79 Å². The zero-order valence-electron chi connectivity index (χ0n) is 16.5. The Morgan fingerprint density at radius 1 is 1.24 bits per heavy atom. The molecule has 1 saturated heterocycles. The molecule has 1 unspecified atom stereocenters. The number of likely N-dealkylation sites (tertiary alicyclic amines) is 1. The van der Waals surface area contributed by atoms with Crippen molar-refractivity contribution in [2.75, 3.05) is 20.1 Å². The lowest BCUT2D eigenvalue weighted by Gasteiger charge is -2.22. The van der Waals surface area contributed by atoms with Crippen LogP contribution >= 0.6 is 0 Å². The maximum atomic E-state index is 11.6. The molecule has 0 radical (unpaired) electrons. The maximum absolute atomic E-state index is 11.6. The minimum absolute atomic E-state index is 0.0463. The van der Waals surface area contributed by atoms with Gasteiger partial charge in [0, 0.05) is 26.6 Å². The van der Waals surface area contributed by atoms with E-state index in [0.717, 1.165) is 13.0 Å². The third-order valence-electron chi connectivity index (χ3n) is 2.80. The number of aliphatic hydroxyl groups is 1. The van der Waals surface area contributed by atoms with Gasteiger partial charge >= 0.3 is 6.09 Å². The number of ether oxygens (including phenoxy) is 1. The third kappa shape index (κ3) is 16.8. The summed E-state index contributed by atoms with van der Waals surface area (Å²) < 4.78 is 4.84. The first kappa shape index (κ1) is 25.4. The van der Waals surface area contributed by atoms with Crippen LogP contribution in [0.5, 0.6) is 0 Å². The largest absolute Gasteiger partial charge is 0.483 e. The summed E-state index contributed by atoms with van der Waals surface area (Å²) in [5.74, 6) is 0.170. The number of carbonyl (C=O) groups excluding carboxylic acids is 2. The Labute approximate surface area is 150 Å². The molecule has 1 atom stereocenters. The van der Waals surface area contributed by atoms with Crippen molar-refractivity contribution >= 4 is 18.5 Å². The molecule has 1 aliphatic heterocycles. The Balaban J connectivity index is 0. The highest BCUT2D eigenvalue weighted by molar-refractivity contribution is 5.77. The number of nitrogens with zero attached hydrogens (tertiary/aromatic N) is 1. The van der Waals surface area contributed by atoms with Gasteiger partial charge in [0.1, 0.15) is 5.60 Å². The predicted molar refractivity (Wildman–Crippen MR) is 95.3 cm³/mol. The Bertz CT molecular complexity index is 412. The molecule has 1 fully saturated rings. The first-order chi connectivity index (χ1) is 11.3. The van der Waals surface area contributed by atoms with Crippen LogP contribution in [0.1, 0.15) is 54.4 Å². The van der Waals surface area contributed by atoms with Crippen LogP contribution in [-0.4, -0.2) is 65.4 Å². The van der Waals surface area contributed by atoms with Gasteiger partial charge in [-0.2, -0.15) is 0 Å². The van der Waals surface area contributed by atoms with Crippen LogP contribution in [0, 0.1) is 5.41 Å². The van der Waals surface area contributed by atoms with Crippen LogP contribution < -0.4 is 5.32 Å². The highest BCUT2D eigenvalue weighted by Crippen LogP contribution is 2.21. The van der Waals surface area contributed by atoms with E-state index in [1.807, 2.05) is 20.8 Å². The Morgan fingerprint density at radius 2 is 1.72 bits per heavy atom. The fourth-order valence-electron chi connectivity index (χ4n) is 1.86. The van der Waals surface area contributed by atoms with Gasteiger partial charge in [0.25, 0.3) is 6.47 Å². The molecule has 0 aliphatic carbocycles. The molecule has 8 heteroatoms. The van der Waals surface area contributed by atoms with Gasteiger partial charge in [-0.05, 0) is 32.6 Å². The Kier molecular flexibility index (Phi) is 11.9. The summed E-state index contributed by atoms with van der Waals surface area (Å²) in [4.78, 5) is 32.2. The van der Waals surface area contributed by atoms with Crippen molar-refractivity contribution in [1.29, 1.82) is 0 Å². The number of aliphatic hydroxyl groups excluding tert-OH is 1. The molecule has 0 spiro atoms. The van der Waals surface area contributed by atoms with Crippen molar-refractivity contribution in [3.63, 3.8) is 0 Å². The van der Waals surface area contributed by atoms with Crippen LogP contribution in [0.25, 0.3) is 0 Å². The normalized spacial score (nSPS) is 16.6. The molecule has 0 aromatic heterocycles. The van der Waals surface area contributed by atoms with Gasteiger partial charge in [-0.3, -0.25) is 9.59 Å². The zero-order chi connectivity index (χ0) is 20.3. The van der Waals surface area contributed by atoms with Gasteiger partial charge in [0.15, 0.2) is 0 Å². The Hall–Kier alpha value is -1.83. The summed E-state index contributed by atoms with van der Waals surface area (Å²) in [6.07, 6.45) is 0.613. The van der Waals surface area contributed by atoms with Gasteiger partial charge in [-0.25, -0.2) is 4.79 Å². The van der Waals surface area contributed by atoms with Crippen molar-refractivity contribution in [3.05, 3.63) is 0 Å². The number of hydrogen-bond acceptors (Lipinski definition) is 5. The lowest BCUT2D eigenvalue weighted by molar-refractivity contribution is -0.132. The molecular weight excluding hydrogens is 328 g/mol. The van der Waals surface area contributed by atoms with Gasteiger partial charge in [-0.1, -0.05) is 20.8 Å². The van der Waals surface area contributed by atoms with Crippen molar-refractivity contribution in [2.24, 2.45) is 5.41 Å². The number of β-amino-alcohol motifs (C(OH)–C–C–N with tert-alkyl or cyclic N) is 1. The average Bonchev–Trinajstić information content (AvgIpc) is 2.83. The zero-order valence-corrected chi connectivity index (χ0v) is 16.5. The second-order valence-corrected chi connectivity index (χ2v) is 7.88. The molecule has 0 saturated carbocycles. The maximum Gasteiger partial charge on any atom is 0.407 e. The van der Waals surface area contributed by atoms with Crippen LogP contribution in [-0.2, 0) is 14.3 Å². The monoisotopic (exact) mass is 362 g/mol. The number of carboxylic acid groups (broad SMARTS) is 1. The lowest BCUT2D eigenvalue weighted by atomic mass is 9.92. The van der Waals surface area contributed by atoms with E-state index in [2.05, 4.69) is 26.1 Å². The second kappa shape index (κ2) is 11.7. The van der Waals surface area contributed by atoms with E-state index in [1.54, 1.807) is 4.90 Å². The molecule has 0 aromatic rings. The fraction of sp³-hybridized carbons (Fsp3) is 0.824. The first-order valence-electron chi connectivity index (χ1n) is 8.20. The van der Waals surface area contributed by atoms with Crippen molar-refractivity contribution in [3.8, 4) is 0 Å². The summed E-state index contributed by atoms with van der Waals surface area (Å²) in [7, 11) is 1.54. The van der Waals surface area contributed by atoms with Crippen molar-refractivity contribution in [2.45, 2.75) is 66.1 Å². The standard InChI is InChI=1S/C10H19NO2.C6H13NO2.CH2O2/c1-10(2,3)6-9(13)11-5-4-8(12)7-11;1-6(2,3)9-5(8)7-4;2-1-3/h8,12H,4-7H2,1-3H3;1-4H3,(H,7,8);1H,(H,2,3). The van der Waals surface area contributed by atoms with E-state index < -0.39 is 0 Å². The van der Waals surface area contributed by atoms with Gasteiger partial charge in [0.05, 0.1) is 6.10 Å². The average molecular weight is 362 g/mol. The molecule has 2 amide bonds. The van der Waals surface area contributed by atoms with Crippen LogP contribution in [0.3, 0.4) is 0 Å². The first-order valence-corrected chi connectivity index (χ1v) is 8.20. The molecule has 1 rings (SSSR count). The lowest BCUT2D eigenvalue weighted by Crippen LogP contribution is -2.32. The third-order valence-corrected chi connectivity index (χ3v) is 2.80. The number of amides is 2. The van der Waals surface area contributed by atoms with Crippen molar-refractivity contribution < 1.29 is 29.3 Å². The van der Waals surface area contributed by atoms with Crippen LogP contribution in [0.2, 0.25) is 0 Å².